The fourth-order valence-corrected chi connectivity index (χ4v) is 5.29. The number of aryl methyl sites for hydroxylation is 1. The van der Waals surface area contributed by atoms with Crippen LogP contribution in [0.15, 0.2) is 47.3 Å². The first-order valence-corrected chi connectivity index (χ1v) is 13.5. The van der Waals surface area contributed by atoms with E-state index >= 15 is 0 Å². The van der Waals surface area contributed by atoms with E-state index in [9.17, 15) is 9.59 Å². The van der Waals surface area contributed by atoms with Gasteiger partial charge in [0.15, 0.2) is 0 Å². The highest BCUT2D eigenvalue weighted by molar-refractivity contribution is 5.93. The van der Waals surface area contributed by atoms with Crippen LogP contribution in [-0.4, -0.2) is 51.0 Å². The summed E-state index contributed by atoms with van der Waals surface area (Å²) in [5.41, 5.74) is 6.68. The molecule has 0 aliphatic carbocycles. The zero-order valence-electron chi connectivity index (χ0n) is 22.3. The Morgan fingerprint density at radius 1 is 1.15 bits per heavy atom. The fraction of sp³-hybridized carbons (Fsp3) is 0.379. The third-order valence-electron chi connectivity index (χ3n) is 7.32. The summed E-state index contributed by atoms with van der Waals surface area (Å²) in [6.45, 7) is 6.37. The van der Waals surface area contributed by atoms with Gasteiger partial charge in [-0.05, 0) is 80.5 Å². The van der Waals surface area contributed by atoms with Crippen LogP contribution in [0.3, 0.4) is 0 Å². The van der Waals surface area contributed by atoms with E-state index in [0.717, 1.165) is 62.1 Å². The number of rotatable bonds is 9. The zero-order chi connectivity index (χ0) is 27.4. The maximum absolute atomic E-state index is 12.8. The first-order chi connectivity index (χ1) is 19.0. The molecule has 39 heavy (non-hydrogen) atoms. The zero-order valence-corrected chi connectivity index (χ0v) is 22.3. The van der Waals surface area contributed by atoms with Gasteiger partial charge in [0.1, 0.15) is 22.6 Å². The SMILES string of the molecule is CCCc1n[nH]c2c(=O)[nH]c(-c3cc(CC4CCN(c5ccc(C(=O)NO)cc5)CC4)ccc3OCC)nc12. The molecule has 5 rings (SSSR count). The Morgan fingerprint density at radius 3 is 2.62 bits per heavy atom. The van der Waals surface area contributed by atoms with Gasteiger partial charge in [0.2, 0.25) is 0 Å². The number of piperidine rings is 1. The van der Waals surface area contributed by atoms with Crippen LogP contribution in [0.25, 0.3) is 22.4 Å². The van der Waals surface area contributed by atoms with E-state index in [1.165, 1.54) is 5.56 Å². The summed E-state index contributed by atoms with van der Waals surface area (Å²) >= 11 is 0. The van der Waals surface area contributed by atoms with E-state index in [1.807, 2.05) is 25.1 Å². The number of nitrogens with one attached hydrogen (secondary N) is 3. The molecule has 2 aromatic carbocycles. The lowest BCUT2D eigenvalue weighted by atomic mass is 9.89. The molecule has 3 heterocycles. The van der Waals surface area contributed by atoms with Crippen LogP contribution in [0.2, 0.25) is 0 Å². The molecule has 1 amide bonds. The Labute approximate surface area is 226 Å². The quantitative estimate of drug-likeness (QED) is 0.188. The second-order valence-corrected chi connectivity index (χ2v) is 9.94. The van der Waals surface area contributed by atoms with Gasteiger partial charge in [0.25, 0.3) is 11.5 Å². The molecule has 1 fully saturated rings. The van der Waals surface area contributed by atoms with Crippen molar-refractivity contribution in [1.82, 2.24) is 25.6 Å². The van der Waals surface area contributed by atoms with Gasteiger partial charge in [-0.2, -0.15) is 5.10 Å². The maximum atomic E-state index is 12.8. The van der Waals surface area contributed by atoms with Gasteiger partial charge in [-0.15, -0.1) is 0 Å². The number of ether oxygens (including phenoxy) is 1. The van der Waals surface area contributed by atoms with Crippen LogP contribution < -0.4 is 20.7 Å². The molecule has 0 atom stereocenters. The molecule has 4 N–H and O–H groups in total. The van der Waals surface area contributed by atoms with Crippen LogP contribution in [0.4, 0.5) is 5.69 Å². The van der Waals surface area contributed by atoms with Crippen molar-refractivity contribution in [3.05, 3.63) is 69.6 Å². The summed E-state index contributed by atoms with van der Waals surface area (Å²) in [5.74, 6) is 1.19. The van der Waals surface area contributed by atoms with Crippen LogP contribution in [0.1, 0.15) is 54.7 Å². The van der Waals surface area contributed by atoms with Crippen molar-refractivity contribution in [2.24, 2.45) is 5.92 Å². The van der Waals surface area contributed by atoms with E-state index in [1.54, 1.807) is 17.6 Å². The summed E-state index contributed by atoms with van der Waals surface area (Å²) in [6.07, 6.45) is 4.65. The van der Waals surface area contributed by atoms with Crippen LogP contribution >= 0.6 is 0 Å². The predicted octanol–water partition coefficient (Wildman–Crippen LogP) is 4.24. The Kier molecular flexibility index (Phi) is 7.92. The van der Waals surface area contributed by atoms with Crippen molar-refractivity contribution in [2.45, 2.75) is 46.0 Å². The van der Waals surface area contributed by atoms with E-state index in [-0.39, 0.29) is 5.56 Å². The molecule has 1 saturated heterocycles. The lowest BCUT2D eigenvalue weighted by Gasteiger charge is -2.34. The Hall–Kier alpha value is -4.18. The fourth-order valence-electron chi connectivity index (χ4n) is 5.29. The summed E-state index contributed by atoms with van der Waals surface area (Å²) in [7, 11) is 0. The molecule has 204 valence electrons. The topological polar surface area (TPSA) is 136 Å². The number of aromatic amines is 2. The van der Waals surface area contributed by atoms with Gasteiger partial charge in [-0.3, -0.25) is 19.9 Å². The van der Waals surface area contributed by atoms with Gasteiger partial charge < -0.3 is 14.6 Å². The normalized spacial score (nSPS) is 14.1. The van der Waals surface area contributed by atoms with Gasteiger partial charge >= 0.3 is 0 Å². The molecule has 1 aliphatic rings. The average Bonchev–Trinajstić information content (AvgIpc) is 3.37. The van der Waals surface area contributed by atoms with Gasteiger partial charge in [0.05, 0.1) is 17.9 Å². The molecule has 0 spiro atoms. The minimum atomic E-state index is -0.514. The van der Waals surface area contributed by atoms with Crippen LogP contribution in [0, 0.1) is 5.92 Å². The largest absolute Gasteiger partial charge is 0.493 e. The van der Waals surface area contributed by atoms with Crippen molar-refractivity contribution >= 4 is 22.6 Å². The number of hydrogen-bond acceptors (Lipinski definition) is 7. The van der Waals surface area contributed by atoms with Crippen LogP contribution in [0.5, 0.6) is 5.75 Å². The Balaban J connectivity index is 1.33. The van der Waals surface area contributed by atoms with E-state index in [0.29, 0.717) is 40.7 Å². The Morgan fingerprint density at radius 2 is 1.92 bits per heavy atom. The van der Waals surface area contributed by atoms with Crippen LogP contribution in [-0.2, 0) is 12.8 Å². The minimum absolute atomic E-state index is 0.241. The number of anilines is 1. The highest BCUT2D eigenvalue weighted by atomic mass is 16.5. The van der Waals surface area contributed by atoms with Crippen molar-refractivity contribution < 1.29 is 14.7 Å². The van der Waals surface area contributed by atoms with Crippen molar-refractivity contribution in [2.75, 3.05) is 24.6 Å². The standard InChI is InChI=1S/C29H34N6O4/c1-3-5-23-25-26(33-32-23)29(37)31-27(30-25)22-17-19(6-11-24(22)39-4-2)16-18-12-14-35(15-13-18)21-9-7-20(8-10-21)28(36)34-38/h6-11,17-18,38H,3-5,12-16H2,1-2H3,(H,32,33)(H,34,36)(H,30,31,37). The molecule has 2 aromatic heterocycles. The first kappa shape index (κ1) is 26.4. The number of hydroxylamine groups is 1. The van der Waals surface area contributed by atoms with E-state index in [4.69, 9.17) is 14.9 Å². The lowest BCUT2D eigenvalue weighted by molar-refractivity contribution is 0.0706. The molecule has 4 aromatic rings. The van der Waals surface area contributed by atoms with E-state index < -0.39 is 5.91 Å². The number of H-pyrrole nitrogens is 2. The minimum Gasteiger partial charge on any atom is -0.493 e. The second kappa shape index (κ2) is 11.7. The molecule has 0 radical (unpaired) electrons. The first-order valence-electron chi connectivity index (χ1n) is 13.5. The lowest BCUT2D eigenvalue weighted by Crippen LogP contribution is -2.34. The summed E-state index contributed by atoms with van der Waals surface area (Å²) in [6, 6.07) is 13.4. The summed E-state index contributed by atoms with van der Waals surface area (Å²) in [4.78, 5) is 34.5. The third-order valence-corrected chi connectivity index (χ3v) is 7.32. The number of carbonyl (C=O) groups is 1. The molecule has 1 aliphatic heterocycles. The Bertz CT molecular complexity index is 1500. The van der Waals surface area contributed by atoms with E-state index in [2.05, 4.69) is 39.1 Å². The number of fused-ring (bicyclic) bond motifs is 1. The number of nitrogens with zero attached hydrogens (tertiary/aromatic N) is 3. The van der Waals surface area contributed by atoms with Crippen molar-refractivity contribution in [1.29, 1.82) is 0 Å². The number of carbonyl (C=O) groups excluding carboxylic acids is 1. The molecule has 0 bridgehead atoms. The molecule has 10 heteroatoms. The predicted molar refractivity (Wildman–Crippen MR) is 149 cm³/mol. The third kappa shape index (κ3) is 5.65. The monoisotopic (exact) mass is 530 g/mol. The maximum Gasteiger partial charge on any atom is 0.277 e. The highest BCUT2D eigenvalue weighted by Gasteiger charge is 2.22. The van der Waals surface area contributed by atoms with Gasteiger partial charge in [-0.25, -0.2) is 10.5 Å². The molecule has 0 unspecified atom stereocenters. The average molecular weight is 531 g/mol. The molecule has 10 nitrogen and oxygen atoms in total. The number of benzene rings is 2. The molecular weight excluding hydrogens is 496 g/mol. The second-order valence-electron chi connectivity index (χ2n) is 9.94. The van der Waals surface area contributed by atoms with Crippen molar-refractivity contribution in [3.63, 3.8) is 0 Å². The molecular formula is C29H34N6O4. The summed E-state index contributed by atoms with van der Waals surface area (Å²) < 4.78 is 5.91. The number of aromatic nitrogens is 4. The molecule has 0 saturated carbocycles. The summed E-state index contributed by atoms with van der Waals surface area (Å²) in [5, 5.41) is 16.0. The van der Waals surface area contributed by atoms with Crippen molar-refractivity contribution in [3.8, 4) is 17.1 Å². The number of hydrogen-bond donors (Lipinski definition) is 4. The van der Waals surface area contributed by atoms with Gasteiger partial charge in [-0.1, -0.05) is 19.4 Å². The smallest absolute Gasteiger partial charge is 0.277 e. The highest BCUT2D eigenvalue weighted by Crippen LogP contribution is 2.32. The number of amides is 1. The van der Waals surface area contributed by atoms with Gasteiger partial charge in [0, 0.05) is 24.3 Å².